The van der Waals surface area contributed by atoms with Crippen molar-refractivity contribution in [3.63, 3.8) is 0 Å². The monoisotopic (exact) mass is 365 g/mol. The number of hydrogen-bond donors (Lipinski definition) is 1. The summed E-state index contributed by atoms with van der Waals surface area (Å²) in [6.07, 6.45) is 0.272. The van der Waals surface area contributed by atoms with E-state index in [0.29, 0.717) is 13.0 Å². The molecule has 1 aliphatic rings. The van der Waals surface area contributed by atoms with Crippen molar-refractivity contribution < 1.29 is 19.1 Å². The van der Waals surface area contributed by atoms with E-state index in [0.717, 1.165) is 18.1 Å². The number of likely N-dealkylation sites (tertiary alicyclic amines) is 1. The van der Waals surface area contributed by atoms with Gasteiger partial charge in [0.1, 0.15) is 6.04 Å². The molecule has 1 heterocycles. The van der Waals surface area contributed by atoms with Crippen LogP contribution in [0.5, 0.6) is 0 Å². The zero-order valence-corrected chi connectivity index (χ0v) is 15.0. The van der Waals surface area contributed by atoms with Gasteiger partial charge in [0, 0.05) is 13.0 Å². The molecule has 0 aromatic carbocycles. The lowest BCUT2D eigenvalue weighted by Gasteiger charge is -2.31. The molecule has 0 unspecified atom stereocenters. The molecule has 1 saturated heterocycles. The minimum absolute atomic E-state index is 0.134. The van der Waals surface area contributed by atoms with Gasteiger partial charge in [-0.3, -0.25) is 4.79 Å². The molecular weight excluding hydrogens is 342 g/mol. The number of halogens is 1. The van der Waals surface area contributed by atoms with Crippen molar-refractivity contribution in [2.45, 2.75) is 57.5 Å². The van der Waals surface area contributed by atoms with Crippen molar-refractivity contribution in [1.82, 2.24) is 4.90 Å². The van der Waals surface area contributed by atoms with Crippen LogP contribution in [0, 0.1) is 0 Å². The Morgan fingerprint density at radius 1 is 1.30 bits per heavy atom. The van der Waals surface area contributed by atoms with Crippen LogP contribution in [0.1, 0.15) is 27.2 Å². The maximum atomic E-state index is 11.8. The Bertz CT molecular complexity index is 354. The third-order valence-electron chi connectivity index (χ3n) is 4.33. The Labute approximate surface area is 129 Å². The topological polar surface area (TPSA) is 66.8 Å². The molecule has 20 heavy (non-hydrogen) atoms. The van der Waals surface area contributed by atoms with E-state index in [1.54, 1.807) is 0 Å². The summed E-state index contributed by atoms with van der Waals surface area (Å²) in [5, 5.41) is 9.42. The molecule has 1 fully saturated rings. The Morgan fingerprint density at radius 2 is 1.85 bits per heavy atom. The maximum Gasteiger partial charge on any atom is 0.326 e. The predicted octanol–water partition coefficient (Wildman–Crippen LogP) is 2.46. The van der Waals surface area contributed by atoms with Gasteiger partial charge in [0.25, 0.3) is 0 Å². The first kappa shape index (κ1) is 17.6. The summed E-state index contributed by atoms with van der Waals surface area (Å²) in [4.78, 5) is 24.6. The predicted molar refractivity (Wildman–Crippen MR) is 83.6 cm³/mol. The van der Waals surface area contributed by atoms with Crippen LogP contribution in [0.2, 0.25) is 18.1 Å². The van der Waals surface area contributed by atoms with Crippen molar-refractivity contribution in [3.8, 4) is 0 Å². The Hall–Kier alpha value is -0.403. The Balaban J connectivity index is 2.80. The van der Waals surface area contributed by atoms with Gasteiger partial charge in [-0.05, 0) is 18.1 Å². The highest BCUT2D eigenvalue weighted by atomic mass is 79.9. The second-order valence-corrected chi connectivity index (χ2v) is 10.5. The number of aliphatic carboxylic acids is 1. The van der Waals surface area contributed by atoms with Gasteiger partial charge in [-0.1, -0.05) is 36.7 Å². The first-order valence-corrected chi connectivity index (χ1v) is 10.8. The van der Waals surface area contributed by atoms with Crippen molar-refractivity contribution >= 4 is 36.1 Å². The second-order valence-electron chi connectivity index (χ2n) is 5.25. The lowest BCUT2D eigenvalue weighted by atomic mass is 10.2. The van der Waals surface area contributed by atoms with Gasteiger partial charge in [-0.25, -0.2) is 4.79 Å². The molecule has 1 amide bonds. The first-order valence-electron chi connectivity index (χ1n) is 7.19. The standard InChI is InChI=1S/C13H24BrNO4Si/c1-4-20(5-2,6-3)19-10-7-11(13(17)18)15(9-10)12(16)8-14/h10-11H,4-9H2,1-3H3,(H,17,18)/t10-,11+/m1/s1. The molecule has 0 radical (unpaired) electrons. The first-order chi connectivity index (χ1) is 9.42. The van der Waals surface area contributed by atoms with Crippen LogP contribution < -0.4 is 0 Å². The summed E-state index contributed by atoms with van der Waals surface area (Å²) >= 11 is 3.11. The average molecular weight is 366 g/mol. The highest BCUT2D eigenvalue weighted by molar-refractivity contribution is 9.09. The molecule has 0 aromatic heterocycles. The molecule has 5 nitrogen and oxygen atoms in total. The van der Waals surface area contributed by atoms with E-state index >= 15 is 0 Å². The van der Waals surface area contributed by atoms with Gasteiger partial charge < -0.3 is 14.4 Å². The Kier molecular flexibility index (Phi) is 6.67. The van der Waals surface area contributed by atoms with Crippen LogP contribution >= 0.6 is 15.9 Å². The molecule has 1 rings (SSSR count). The number of amides is 1. The third-order valence-corrected chi connectivity index (χ3v) is 9.51. The SMILES string of the molecule is CC[Si](CC)(CC)O[C@@H]1C[C@@H](C(=O)O)N(C(=O)CBr)C1. The largest absolute Gasteiger partial charge is 0.480 e. The van der Waals surface area contributed by atoms with Crippen LogP contribution in [0.3, 0.4) is 0 Å². The average Bonchev–Trinajstić information content (AvgIpc) is 2.88. The minimum atomic E-state index is -1.76. The fourth-order valence-corrected chi connectivity index (χ4v) is 6.02. The molecule has 0 aliphatic carbocycles. The summed E-state index contributed by atoms with van der Waals surface area (Å²) in [7, 11) is -1.76. The molecule has 0 bridgehead atoms. The van der Waals surface area contributed by atoms with Gasteiger partial charge in [0.05, 0.1) is 11.4 Å². The summed E-state index contributed by atoms with van der Waals surface area (Å²) in [6, 6.07) is 2.34. The molecular formula is C13H24BrNO4Si. The molecule has 0 saturated carbocycles. The van der Waals surface area contributed by atoms with E-state index < -0.39 is 20.3 Å². The minimum Gasteiger partial charge on any atom is -0.480 e. The lowest BCUT2D eigenvalue weighted by molar-refractivity contribution is -0.147. The highest BCUT2D eigenvalue weighted by Gasteiger charge is 2.43. The second kappa shape index (κ2) is 7.56. The van der Waals surface area contributed by atoms with Crippen molar-refractivity contribution in [2.75, 3.05) is 11.9 Å². The van der Waals surface area contributed by atoms with Gasteiger partial charge in [0.15, 0.2) is 8.32 Å². The third kappa shape index (κ3) is 3.83. The van der Waals surface area contributed by atoms with E-state index in [2.05, 4.69) is 36.7 Å². The quantitative estimate of drug-likeness (QED) is 0.555. The summed E-state index contributed by atoms with van der Waals surface area (Å²) in [5.41, 5.74) is 0. The van der Waals surface area contributed by atoms with Gasteiger partial charge in [0.2, 0.25) is 5.91 Å². The highest BCUT2D eigenvalue weighted by Crippen LogP contribution is 2.29. The zero-order valence-electron chi connectivity index (χ0n) is 12.4. The Morgan fingerprint density at radius 3 is 2.25 bits per heavy atom. The van der Waals surface area contributed by atoms with Gasteiger partial charge >= 0.3 is 5.97 Å². The molecule has 116 valence electrons. The fraction of sp³-hybridized carbons (Fsp3) is 0.846. The van der Waals surface area contributed by atoms with E-state index in [1.807, 2.05) is 0 Å². The zero-order chi connectivity index (χ0) is 15.3. The number of alkyl halides is 1. The van der Waals surface area contributed by atoms with Gasteiger partial charge in [-0.2, -0.15) is 0 Å². The van der Waals surface area contributed by atoms with E-state index in [4.69, 9.17) is 4.43 Å². The number of carboxylic acid groups (broad SMARTS) is 1. The normalized spacial score (nSPS) is 23.1. The number of carbonyl (C=O) groups excluding carboxylic acids is 1. The lowest BCUT2D eigenvalue weighted by Crippen LogP contribution is -2.42. The van der Waals surface area contributed by atoms with Crippen molar-refractivity contribution in [1.29, 1.82) is 0 Å². The van der Waals surface area contributed by atoms with Crippen molar-refractivity contribution in [2.24, 2.45) is 0 Å². The molecule has 7 heteroatoms. The molecule has 2 atom stereocenters. The molecule has 1 aliphatic heterocycles. The number of hydrogen-bond acceptors (Lipinski definition) is 3. The van der Waals surface area contributed by atoms with Crippen LogP contribution in [-0.2, 0) is 14.0 Å². The molecule has 1 N–H and O–H groups in total. The summed E-state index contributed by atoms with van der Waals surface area (Å²) in [5.74, 6) is -1.12. The smallest absolute Gasteiger partial charge is 0.326 e. The summed E-state index contributed by atoms with van der Waals surface area (Å²) in [6.45, 7) is 6.83. The van der Waals surface area contributed by atoms with Crippen LogP contribution in [0.25, 0.3) is 0 Å². The van der Waals surface area contributed by atoms with Gasteiger partial charge in [-0.15, -0.1) is 0 Å². The fourth-order valence-electron chi connectivity index (χ4n) is 2.82. The molecule has 0 aromatic rings. The molecule has 0 spiro atoms. The van der Waals surface area contributed by atoms with E-state index in [1.165, 1.54) is 4.90 Å². The summed E-state index contributed by atoms with van der Waals surface area (Å²) < 4.78 is 6.32. The number of carbonyl (C=O) groups is 2. The maximum absolute atomic E-state index is 11.8. The van der Waals surface area contributed by atoms with Crippen LogP contribution in [0.4, 0.5) is 0 Å². The van der Waals surface area contributed by atoms with Crippen LogP contribution in [-0.4, -0.2) is 54.2 Å². The number of carboxylic acids is 1. The van der Waals surface area contributed by atoms with E-state index in [9.17, 15) is 14.7 Å². The van der Waals surface area contributed by atoms with Crippen LogP contribution in [0.15, 0.2) is 0 Å². The number of nitrogens with zero attached hydrogens (tertiary/aromatic N) is 1. The van der Waals surface area contributed by atoms with Crippen molar-refractivity contribution in [3.05, 3.63) is 0 Å². The number of rotatable bonds is 7. The van der Waals surface area contributed by atoms with E-state index in [-0.39, 0.29) is 17.3 Å².